The molecule has 0 aliphatic rings. The minimum atomic E-state index is 0.842. The molecule has 2 heteroatoms. The largest absolute Gasteiger partial charge is 0.291 e. The molecule has 0 unspecified atom stereocenters. The van der Waals surface area contributed by atoms with E-state index in [9.17, 15) is 4.79 Å². The Morgan fingerprint density at radius 2 is 2.30 bits per heavy atom. The number of rotatable bonds is 2. The van der Waals surface area contributed by atoms with Crippen LogP contribution in [0.4, 0.5) is 0 Å². The maximum Gasteiger partial charge on any atom is 0.180 e. The van der Waals surface area contributed by atoms with E-state index in [-0.39, 0.29) is 0 Å². The van der Waals surface area contributed by atoms with Gasteiger partial charge in [0.25, 0.3) is 0 Å². The minimum Gasteiger partial charge on any atom is -0.291 e. The van der Waals surface area contributed by atoms with Crippen molar-refractivity contribution in [2.75, 3.05) is 0 Å². The minimum absolute atomic E-state index is 0.842. The number of benzene rings is 1. The van der Waals surface area contributed by atoms with Gasteiger partial charge in [-0.05, 0) is 19.1 Å². The number of hydrogen-bond donors (Lipinski definition) is 0. The number of thioether (sulfide) groups is 1. The van der Waals surface area contributed by atoms with Gasteiger partial charge in [0.05, 0.1) is 0 Å². The third kappa shape index (κ3) is 1.88. The van der Waals surface area contributed by atoms with E-state index >= 15 is 0 Å². The van der Waals surface area contributed by atoms with Gasteiger partial charge in [-0.1, -0.05) is 29.5 Å². The van der Waals surface area contributed by atoms with E-state index in [1.165, 1.54) is 17.3 Å². The monoisotopic (exact) mass is 152 g/mol. The SMILES string of the molecule is Cc1cccc(SC=O)c1. The first kappa shape index (κ1) is 7.35. The summed E-state index contributed by atoms with van der Waals surface area (Å²) in [5.41, 5.74) is 2.03. The van der Waals surface area contributed by atoms with Crippen LogP contribution < -0.4 is 0 Å². The summed E-state index contributed by atoms with van der Waals surface area (Å²) in [5.74, 6) is 0. The molecule has 0 atom stereocenters. The normalized spacial score (nSPS) is 9.30. The second-order valence-electron chi connectivity index (χ2n) is 2.03. The summed E-state index contributed by atoms with van der Waals surface area (Å²) in [7, 11) is 0. The predicted molar refractivity (Wildman–Crippen MR) is 43.8 cm³/mol. The molecule has 0 N–H and O–H groups in total. The van der Waals surface area contributed by atoms with Crippen molar-refractivity contribution in [1.82, 2.24) is 0 Å². The Labute approximate surface area is 64.4 Å². The highest BCUT2D eigenvalue weighted by molar-refractivity contribution is 8.11. The Bertz CT molecular complexity index is 232. The van der Waals surface area contributed by atoms with Gasteiger partial charge >= 0.3 is 0 Å². The Hall–Kier alpha value is -0.760. The Balaban J connectivity index is 2.84. The lowest BCUT2D eigenvalue weighted by Gasteiger charge is -1.94. The summed E-state index contributed by atoms with van der Waals surface area (Å²) in [6, 6.07) is 7.86. The molecular weight excluding hydrogens is 144 g/mol. The van der Waals surface area contributed by atoms with Crippen molar-refractivity contribution in [3.05, 3.63) is 29.8 Å². The molecule has 0 saturated carbocycles. The molecule has 1 aromatic carbocycles. The van der Waals surface area contributed by atoms with Crippen LogP contribution in [0.2, 0.25) is 0 Å². The molecule has 0 radical (unpaired) electrons. The van der Waals surface area contributed by atoms with E-state index in [4.69, 9.17) is 0 Å². The predicted octanol–water partition coefficient (Wildman–Crippen LogP) is 2.28. The van der Waals surface area contributed by atoms with Gasteiger partial charge in [-0.2, -0.15) is 0 Å². The van der Waals surface area contributed by atoms with Crippen LogP contribution in [0.5, 0.6) is 0 Å². The van der Waals surface area contributed by atoms with Gasteiger partial charge in [0, 0.05) is 4.90 Å². The van der Waals surface area contributed by atoms with Crippen molar-refractivity contribution >= 4 is 17.4 Å². The van der Waals surface area contributed by atoms with Crippen molar-refractivity contribution in [2.45, 2.75) is 11.8 Å². The van der Waals surface area contributed by atoms with Gasteiger partial charge in [0.2, 0.25) is 0 Å². The molecule has 0 aliphatic carbocycles. The number of hydrogen-bond acceptors (Lipinski definition) is 2. The summed E-state index contributed by atoms with van der Waals surface area (Å²) in [6.45, 7) is 2.01. The molecular formula is C8H8OS. The van der Waals surface area contributed by atoms with Gasteiger partial charge < -0.3 is 0 Å². The fourth-order valence-corrected chi connectivity index (χ4v) is 1.27. The zero-order valence-electron chi connectivity index (χ0n) is 5.70. The van der Waals surface area contributed by atoms with Gasteiger partial charge in [-0.3, -0.25) is 4.79 Å². The summed E-state index contributed by atoms with van der Waals surface area (Å²) in [5, 5.41) is 0. The average Bonchev–Trinajstić information content (AvgIpc) is 1.88. The molecule has 0 amide bonds. The van der Waals surface area contributed by atoms with Gasteiger partial charge in [0.15, 0.2) is 5.62 Å². The molecule has 52 valence electrons. The van der Waals surface area contributed by atoms with Crippen molar-refractivity contribution in [1.29, 1.82) is 0 Å². The Morgan fingerprint density at radius 1 is 1.50 bits per heavy atom. The molecule has 1 aromatic rings. The molecule has 10 heavy (non-hydrogen) atoms. The Kier molecular flexibility index (Phi) is 2.51. The lowest BCUT2D eigenvalue weighted by atomic mass is 10.2. The molecule has 1 nitrogen and oxygen atoms in total. The third-order valence-corrected chi connectivity index (χ3v) is 1.80. The molecule has 0 aromatic heterocycles. The number of aryl methyl sites for hydroxylation is 1. The van der Waals surface area contributed by atoms with Gasteiger partial charge in [0.1, 0.15) is 0 Å². The van der Waals surface area contributed by atoms with Crippen LogP contribution >= 0.6 is 11.8 Å². The van der Waals surface area contributed by atoms with Crippen molar-refractivity contribution in [3.8, 4) is 0 Å². The lowest BCUT2D eigenvalue weighted by Crippen LogP contribution is -1.72. The van der Waals surface area contributed by atoms with Crippen LogP contribution in [0.15, 0.2) is 29.2 Å². The van der Waals surface area contributed by atoms with E-state index in [0.717, 1.165) is 10.5 Å². The topological polar surface area (TPSA) is 17.1 Å². The van der Waals surface area contributed by atoms with E-state index < -0.39 is 0 Å². The van der Waals surface area contributed by atoms with Crippen LogP contribution in [0.1, 0.15) is 5.56 Å². The molecule has 0 fully saturated rings. The first-order valence-corrected chi connectivity index (χ1v) is 3.88. The molecule has 1 rings (SSSR count). The molecule has 0 aliphatic heterocycles. The maximum absolute atomic E-state index is 10.0. The highest BCUT2D eigenvalue weighted by atomic mass is 32.2. The quantitative estimate of drug-likeness (QED) is 0.477. The van der Waals surface area contributed by atoms with Gasteiger partial charge in [-0.15, -0.1) is 0 Å². The Morgan fingerprint density at radius 3 is 2.90 bits per heavy atom. The van der Waals surface area contributed by atoms with Crippen LogP contribution in [-0.2, 0) is 4.79 Å². The van der Waals surface area contributed by atoms with Gasteiger partial charge in [-0.25, -0.2) is 0 Å². The van der Waals surface area contributed by atoms with Crippen LogP contribution in [0.25, 0.3) is 0 Å². The fraction of sp³-hybridized carbons (Fsp3) is 0.125. The summed E-state index contributed by atoms with van der Waals surface area (Å²) < 4.78 is 0. The maximum atomic E-state index is 10.0. The van der Waals surface area contributed by atoms with E-state index in [2.05, 4.69) is 0 Å². The van der Waals surface area contributed by atoms with E-state index in [1.807, 2.05) is 31.2 Å². The summed E-state index contributed by atoms with van der Waals surface area (Å²) in [6.07, 6.45) is 0. The first-order chi connectivity index (χ1) is 4.83. The smallest absolute Gasteiger partial charge is 0.180 e. The van der Waals surface area contributed by atoms with Crippen LogP contribution in [0.3, 0.4) is 0 Å². The van der Waals surface area contributed by atoms with E-state index in [1.54, 1.807) is 0 Å². The fourth-order valence-electron chi connectivity index (χ4n) is 0.744. The highest BCUT2D eigenvalue weighted by Gasteiger charge is 1.89. The van der Waals surface area contributed by atoms with Crippen LogP contribution in [-0.4, -0.2) is 5.62 Å². The van der Waals surface area contributed by atoms with Crippen molar-refractivity contribution in [3.63, 3.8) is 0 Å². The zero-order valence-corrected chi connectivity index (χ0v) is 6.52. The third-order valence-electron chi connectivity index (χ3n) is 1.17. The summed E-state index contributed by atoms with van der Waals surface area (Å²) >= 11 is 1.21. The molecule has 0 spiro atoms. The molecule has 0 saturated heterocycles. The number of carbonyl (C=O) groups is 1. The highest BCUT2D eigenvalue weighted by Crippen LogP contribution is 2.15. The van der Waals surface area contributed by atoms with Crippen molar-refractivity contribution < 1.29 is 4.79 Å². The zero-order chi connectivity index (χ0) is 7.40. The molecule has 0 bridgehead atoms. The second-order valence-corrected chi connectivity index (χ2v) is 2.93. The summed E-state index contributed by atoms with van der Waals surface area (Å²) in [4.78, 5) is 11.1. The number of carbonyl (C=O) groups excluding carboxylic acids is 1. The average molecular weight is 152 g/mol. The first-order valence-electron chi connectivity index (χ1n) is 3.00. The molecule has 0 heterocycles. The standard InChI is InChI=1S/C8H8OS/c1-7-3-2-4-8(5-7)10-6-9/h2-6H,1H3. The lowest BCUT2D eigenvalue weighted by molar-refractivity contribution is 0.570. The van der Waals surface area contributed by atoms with Crippen molar-refractivity contribution in [2.24, 2.45) is 0 Å². The van der Waals surface area contributed by atoms with E-state index in [0.29, 0.717) is 0 Å². The van der Waals surface area contributed by atoms with Crippen LogP contribution in [0, 0.1) is 6.92 Å². The second kappa shape index (κ2) is 3.42.